The van der Waals surface area contributed by atoms with Gasteiger partial charge in [-0.25, -0.2) is 4.79 Å². The molecule has 1 aromatic rings. The molecule has 0 aromatic heterocycles. The minimum atomic E-state index is -0.529. The number of carbonyl (C=O) groups excluding carboxylic acids is 3. The van der Waals surface area contributed by atoms with Crippen molar-refractivity contribution in [2.75, 3.05) is 33.8 Å². The van der Waals surface area contributed by atoms with E-state index in [1.165, 1.54) is 30.4 Å². The quantitative estimate of drug-likeness (QED) is 0.189. The summed E-state index contributed by atoms with van der Waals surface area (Å²) in [6.07, 6.45) is 12.2. The molecule has 0 heterocycles. The van der Waals surface area contributed by atoms with Crippen molar-refractivity contribution in [3.63, 3.8) is 0 Å². The summed E-state index contributed by atoms with van der Waals surface area (Å²) in [5.41, 5.74) is 3.50. The molecule has 5 aliphatic carbocycles. The molecule has 9 unspecified atom stereocenters. The van der Waals surface area contributed by atoms with Crippen molar-refractivity contribution in [1.29, 1.82) is 0 Å². The lowest BCUT2D eigenvalue weighted by atomic mass is 9.32. The molecule has 4 saturated carbocycles. The van der Waals surface area contributed by atoms with Crippen LogP contribution in [0.5, 0.6) is 0 Å². The lowest BCUT2D eigenvalue weighted by Gasteiger charge is -2.72. The third-order valence-corrected chi connectivity index (χ3v) is 16.3. The molecule has 7 nitrogen and oxygen atoms in total. The van der Waals surface area contributed by atoms with Crippen molar-refractivity contribution in [2.24, 2.45) is 56.7 Å². The Labute approximate surface area is 332 Å². The van der Waals surface area contributed by atoms with Crippen molar-refractivity contribution in [3.8, 4) is 0 Å². The Morgan fingerprint density at radius 2 is 1.58 bits per heavy atom. The van der Waals surface area contributed by atoms with E-state index < -0.39 is 11.0 Å². The zero-order valence-corrected chi connectivity index (χ0v) is 36.2. The molecule has 1 amide bonds. The fourth-order valence-electron chi connectivity index (χ4n) is 13.8. The van der Waals surface area contributed by atoms with Crippen LogP contribution in [0.15, 0.2) is 42.5 Å². The molecular weight excluding hydrogens is 685 g/mol. The van der Waals surface area contributed by atoms with Crippen molar-refractivity contribution < 1.29 is 23.9 Å². The number of nitrogens with zero attached hydrogens (tertiary/aromatic N) is 1. The molecule has 9 atom stereocenters. The number of carbonyl (C=O) groups is 3. The number of ether oxygens (including phenoxy) is 2. The molecular formula is C48H72N2O5. The average molecular weight is 757 g/mol. The van der Waals surface area contributed by atoms with Gasteiger partial charge >= 0.3 is 11.9 Å². The standard InChI is InChI=1S/C48H72N2O5/c1-13-54-39(51)30-31(2)34-20-25-48(42(53)49-28-29-50(11)12)27-26-46(9)36(40(34)48)18-19-38-45(8)23-21-35(44(6,7)37(45)22-24-47(38,46)10)32-14-16-33(17-15-32)41(52)55-43(3,4)5/h14-17,21,34,36-38,40H,2,13,18-20,22-30H2,1,3-12H3,(H,49,53). The third-order valence-electron chi connectivity index (χ3n) is 16.3. The van der Waals surface area contributed by atoms with Gasteiger partial charge in [0.05, 0.1) is 24.0 Å². The Bertz CT molecular complexity index is 1690. The Balaban J connectivity index is 1.30. The van der Waals surface area contributed by atoms with E-state index in [0.29, 0.717) is 36.5 Å². The van der Waals surface area contributed by atoms with Crippen LogP contribution < -0.4 is 5.32 Å². The van der Waals surface area contributed by atoms with Crippen LogP contribution in [0.25, 0.3) is 5.57 Å². The van der Waals surface area contributed by atoms with E-state index in [1.54, 1.807) is 0 Å². The first-order valence-corrected chi connectivity index (χ1v) is 21.5. The van der Waals surface area contributed by atoms with Crippen LogP contribution >= 0.6 is 0 Å². The van der Waals surface area contributed by atoms with Gasteiger partial charge in [0.1, 0.15) is 5.60 Å². The van der Waals surface area contributed by atoms with Gasteiger partial charge < -0.3 is 19.7 Å². The Morgan fingerprint density at radius 1 is 0.891 bits per heavy atom. The first kappa shape index (κ1) is 41.7. The maximum Gasteiger partial charge on any atom is 0.338 e. The van der Waals surface area contributed by atoms with E-state index in [4.69, 9.17) is 9.47 Å². The van der Waals surface area contributed by atoms with E-state index in [0.717, 1.165) is 50.6 Å². The Kier molecular flexibility index (Phi) is 11.2. The number of benzene rings is 1. The molecule has 304 valence electrons. The zero-order valence-electron chi connectivity index (χ0n) is 36.2. The number of fused-ring (bicyclic) bond motifs is 7. The highest BCUT2D eigenvalue weighted by molar-refractivity contribution is 5.90. The average Bonchev–Trinajstić information content (AvgIpc) is 3.49. The largest absolute Gasteiger partial charge is 0.466 e. The SMILES string of the molecule is C=C(CC(=O)OCC)C1CCC2(C(=O)NCCN(C)C)CCC3(C)C(CCC4C5(C)CC=C(c6ccc(C(=O)OC(C)(C)C)cc6)C(C)(C)C5CCC43C)C12. The molecule has 1 N–H and O–H groups in total. The number of hydrogen-bond donors (Lipinski definition) is 1. The highest BCUT2D eigenvalue weighted by atomic mass is 16.6. The van der Waals surface area contributed by atoms with Crippen molar-refractivity contribution in [1.82, 2.24) is 10.2 Å². The highest BCUT2D eigenvalue weighted by Gasteiger charge is 2.71. The molecule has 0 radical (unpaired) electrons. The van der Waals surface area contributed by atoms with E-state index in [9.17, 15) is 14.4 Å². The van der Waals surface area contributed by atoms with Gasteiger partial charge in [-0.05, 0) is 174 Å². The number of allylic oxidation sites excluding steroid dienone is 2. The Morgan fingerprint density at radius 3 is 2.22 bits per heavy atom. The summed E-state index contributed by atoms with van der Waals surface area (Å²) >= 11 is 0. The number of rotatable bonds is 10. The molecule has 5 aliphatic rings. The van der Waals surface area contributed by atoms with Gasteiger partial charge in [0.25, 0.3) is 0 Å². The second-order valence-electron chi connectivity index (χ2n) is 20.8. The minimum absolute atomic E-state index is 0.0345. The molecule has 1 aromatic carbocycles. The number of likely N-dealkylation sites (N-methyl/N-ethyl adjacent to an activating group) is 1. The number of esters is 2. The lowest BCUT2D eigenvalue weighted by molar-refractivity contribution is -0.225. The summed E-state index contributed by atoms with van der Waals surface area (Å²) < 4.78 is 11.1. The van der Waals surface area contributed by atoms with Crippen molar-refractivity contribution in [3.05, 3.63) is 53.6 Å². The molecule has 0 saturated heterocycles. The van der Waals surface area contributed by atoms with Gasteiger partial charge in [0.2, 0.25) is 5.91 Å². The molecule has 55 heavy (non-hydrogen) atoms. The molecule has 0 aliphatic heterocycles. The molecule has 0 spiro atoms. The summed E-state index contributed by atoms with van der Waals surface area (Å²) in [5, 5.41) is 3.40. The van der Waals surface area contributed by atoms with Gasteiger partial charge in [-0.2, -0.15) is 0 Å². The topological polar surface area (TPSA) is 84.9 Å². The maximum absolute atomic E-state index is 14.5. The van der Waals surface area contributed by atoms with Gasteiger partial charge in [0, 0.05) is 13.1 Å². The third kappa shape index (κ3) is 7.05. The van der Waals surface area contributed by atoms with Crippen LogP contribution in [0.3, 0.4) is 0 Å². The monoisotopic (exact) mass is 757 g/mol. The first-order valence-electron chi connectivity index (χ1n) is 21.5. The van der Waals surface area contributed by atoms with Gasteiger partial charge in [-0.3, -0.25) is 9.59 Å². The Hall–Kier alpha value is -2.93. The fraction of sp³-hybridized carbons (Fsp3) is 0.729. The second kappa shape index (κ2) is 14.8. The minimum Gasteiger partial charge on any atom is -0.466 e. The van der Waals surface area contributed by atoms with Crippen LogP contribution in [-0.4, -0.2) is 62.1 Å². The summed E-state index contributed by atoms with van der Waals surface area (Å²) in [6.45, 7) is 26.7. The van der Waals surface area contributed by atoms with E-state index in [2.05, 4.69) is 69.6 Å². The zero-order chi connectivity index (χ0) is 40.4. The van der Waals surface area contributed by atoms with Crippen molar-refractivity contribution >= 4 is 23.4 Å². The van der Waals surface area contributed by atoms with Crippen LogP contribution in [0.1, 0.15) is 142 Å². The summed E-state index contributed by atoms with van der Waals surface area (Å²) in [5.74, 6) is 1.54. The van der Waals surface area contributed by atoms with Crippen LogP contribution in [0.2, 0.25) is 0 Å². The maximum atomic E-state index is 14.5. The predicted octanol–water partition coefficient (Wildman–Crippen LogP) is 9.90. The van der Waals surface area contributed by atoms with E-state index >= 15 is 0 Å². The number of amides is 1. The number of nitrogens with one attached hydrogen (secondary N) is 1. The van der Waals surface area contributed by atoms with Crippen molar-refractivity contribution in [2.45, 2.75) is 132 Å². The fourth-order valence-corrected chi connectivity index (χ4v) is 13.8. The van der Waals surface area contributed by atoms with Crippen LogP contribution in [0.4, 0.5) is 0 Å². The highest BCUT2D eigenvalue weighted by Crippen LogP contribution is 2.77. The van der Waals surface area contributed by atoms with Gasteiger partial charge in [-0.1, -0.05) is 65.0 Å². The van der Waals surface area contributed by atoms with Crippen LogP contribution in [0, 0.1) is 56.7 Å². The second-order valence-corrected chi connectivity index (χ2v) is 20.8. The first-order chi connectivity index (χ1) is 25.6. The molecule has 4 fully saturated rings. The summed E-state index contributed by atoms with van der Waals surface area (Å²) in [4.78, 5) is 42.2. The molecule has 0 bridgehead atoms. The van der Waals surface area contributed by atoms with E-state index in [1.807, 2.05) is 53.9 Å². The number of hydrogen-bond acceptors (Lipinski definition) is 6. The lowest BCUT2D eigenvalue weighted by Crippen LogP contribution is -2.66. The predicted molar refractivity (Wildman–Crippen MR) is 221 cm³/mol. The normalized spacial score (nSPS) is 36.4. The van der Waals surface area contributed by atoms with Gasteiger partial charge in [0.15, 0.2) is 0 Å². The molecule has 6 rings (SSSR count). The molecule has 7 heteroatoms. The summed E-state index contributed by atoms with van der Waals surface area (Å²) in [6, 6.07) is 8.09. The van der Waals surface area contributed by atoms with Crippen LogP contribution in [-0.2, 0) is 19.1 Å². The van der Waals surface area contributed by atoms with E-state index in [-0.39, 0.29) is 57.8 Å². The van der Waals surface area contributed by atoms with Gasteiger partial charge in [-0.15, -0.1) is 0 Å². The smallest absolute Gasteiger partial charge is 0.338 e. The summed E-state index contributed by atoms with van der Waals surface area (Å²) in [7, 11) is 4.10.